The van der Waals surface area contributed by atoms with Crippen molar-refractivity contribution in [3.05, 3.63) is 53.2 Å². The van der Waals surface area contributed by atoms with E-state index in [0.29, 0.717) is 5.75 Å². The van der Waals surface area contributed by atoms with Crippen LogP contribution < -0.4 is 9.47 Å². The molecular weight excluding hydrogens is 350 g/mol. The van der Waals surface area contributed by atoms with Crippen LogP contribution in [0.15, 0.2) is 36.5 Å². The standard InChI is InChI=1S/C20H19NO4S/c1-11-7-14(9-18(25-4)12(11)2)19-16(10-21-26-19)13-5-6-17(24-3)15(8-13)20(22)23/h5-10H,1-4H3,(H,22,23). The number of hydrogen-bond acceptors (Lipinski definition) is 5. The molecule has 0 spiro atoms. The van der Waals surface area contributed by atoms with Crippen molar-refractivity contribution >= 4 is 17.5 Å². The van der Waals surface area contributed by atoms with Gasteiger partial charge in [0.25, 0.3) is 0 Å². The van der Waals surface area contributed by atoms with Gasteiger partial charge in [0.1, 0.15) is 17.1 Å². The highest BCUT2D eigenvalue weighted by molar-refractivity contribution is 7.10. The molecule has 26 heavy (non-hydrogen) atoms. The van der Waals surface area contributed by atoms with Crippen LogP contribution in [0.5, 0.6) is 11.5 Å². The summed E-state index contributed by atoms with van der Waals surface area (Å²) in [7, 11) is 3.11. The molecule has 1 heterocycles. The zero-order chi connectivity index (χ0) is 18.8. The molecule has 0 unspecified atom stereocenters. The van der Waals surface area contributed by atoms with E-state index in [2.05, 4.69) is 10.4 Å². The van der Waals surface area contributed by atoms with E-state index in [1.807, 2.05) is 26.0 Å². The van der Waals surface area contributed by atoms with Gasteiger partial charge in [0, 0.05) is 11.8 Å². The molecule has 0 aliphatic heterocycles. The number of carboxylic acids is 1. The van der Waals surface area contributed by atoms with Gasteiger partial charge in [-0.1, -0.05) is 12.1 Å². The highest BCUT2D eigenvalue weighted by atomic mass is 32.1. The van der Waals surface area contributed by atoms with Crippen molar-refractivity contribution in [3.8, 4) is 33.1 Å². The Labute approximate surface area is 156 Å². The molecule has 6 heteroatoms. The lowest BCUT2D eigenvalue weighted by molar-refractivity contribution is 0.0693. The molecule has 1 aromatic heterocycles. The number of rotatable bonds is 5. The van der Waals surface area contributed by atoms with Crippen LogP contribution in [0.4, 0.5) is 0 Å². The molecule has 0 aliphatic carbocycles. The van der Waals surface area contributed by atoms with Gasteiger partial charge in [0.15, 0.2) is 0 Å². The van der Waals surface area contributed by atoms with E-state index >= 15 is 0 Å². The Bertz CT molecular complexity index is 978. The predicted octanol–water partition coefficient (Wildman–Crippen LogP) is 4.81. The molecule has 134 valence electrons. The summed E-state index contributed by atoms with van der Waals surface area (Å²) >= 11 is 1.37. The van der Waals surface area contributed by atoms with Crippen LogP contribution in [0.25, 0.3) is 21.6 Å². The fourth-order valence-electron chi connectivity index (χ4n) is 2.87. The second kappa shape index (κ2) is 7.17. The van der Waals surface area contributed by atoms with E-state index in [1.54, 1.807) is 25.4 Å². The molecule has 0 amide bonds. The van der Waals surface area contributed by atoms with Gasteiger partial charge in [-0.15, -0.1) is 0 Å². The minimum Gasteiger partial charge on any atom is -0.496 e. The van der Waals surface area contributed by atoms with Crippen LogP contribution in [0.1, 0.15) is 21.5 Å². The van der Waals surface area contributed by atoms with Crippen LogP contribution in [0, 0.1) is 13.8 Å². The maximum absolute atomic E-state index is 11.5. The SMILES string of the molecule is COc1ccc(-c2cnsc2-c2cc(C)c(C)c(OC)c2)cc1C(=O)O. The first-order valence-electron chi connectivity index (χ1n) is 7.98. The summed E-state index contributed by atoms with van der Waals surface area (Å²) in [6.07, 6.45) is 1.76. The van der Waals surface area contributed by atoms with E-state index in [-0.39, 0.29) is 5.56 Å². The highest BCUT2D eigenvalue weighted by Crippen LogP contribution is 2.39. The third kappa shape index (κ3) is 3.15. The van der Waals surface area contributed by atoms with Gasteiger partial charge in [0.2, 0.25) is 0 Å². The summed E-state index contributed by atoms with van der Waals surface area (Å²) < 4.78 is 14.9. The van der Waals surface area contributed by atoms with Crippen LogP contribution >= 0.6 is 11.5 Å². The first-order chi connectivity index (χ1) is 12.5. The quantitative estimate of drug-likeness (QED) is 0.699. The Morgan fingerprint density at radius 3 is 2.42 bits per heavy atom. The van der Waals surface area contributed by atoms with Crippen LogP contribution in [0.3, 0.4) is 0 Å². The Balaban J connectivity index is 2.15. The van der Waals surface area contributed by atoms with Gasteiger partial charge >= 0.3 is 5.97 Å². The van der Waals surface area contributed by atoms with Crippen molar-refractivity contribution in [3.63, 3.8) is 0 Å². The number of aromatic carboxylic acids is 1. The number of benzene rings is 2. The van der Waals surface area contributed by atoms with Crippen molar-refractivity contribution in [2.45, 2.75) is 13.8 Å². The molecular formula is C20H19NO4S. The summed E-state index contributed by atoms with van der Waals surface area (Å²) in [4.78, 5) is 12.5. The Hall–Kier alpha value is -2.86. The molecule has 0 saturated heterocycles. The average Bonchev–Trinajstić information content (AvgIpc) is 3.13. The monoisotopic (exact) mass is 369 g/mol. The number of nitrogens with zero attached hydrogens (tertiary/aromatic N) is 1. The maximum Gasteiger partial charge on any atom is 0.339 e. The normalized spacial score (nSPS) is 10.6. The van der Waals surface area contributed by atoms with Gasteiger partial charge in [-0.2, -0.15) is 4.37 Å². The first-order valence-corrected chi connectivity index (χ1v) is 8.75. The first kappa shape index (κ1) is 17.9. The van der Waals surface area contributed by atoms with Crippen LogP contribution in [0.2, 0.25) is 0 Å². The molecule has 0 fully saturated rings. The van der Waals surface area contributed by atoms with E-state index in [0.717, 1.165) is 38.4 Å². The largest absolute Gasteiger partial charge is 0.496 e. The zero-order valence-corrected chi connectivity index (χ0v) is 15.8. The van der Waals surface area contributed by atoms with E-state index in [1.165, 1.54) is 18.6 Å². The molecule has 1 N–H and O–H groups in total. The lowest BCUT2D eigenvalue weighted by atomic mass is 9.98. The Morgan fingerprint density at radius 1 is 1.04 bits per heavy atom. The molecule has 0 saturated carbocycles. The fraction of sp³-hybridized carbons (Fsp3) is 0.200. The third-order valence-corrected chi connectivity index (χ3v) is 5.26. The van der Waals surface area contributed by atoms with Crippen LogP contribution in [-0.4, -0.2) is 29.7 Å². The Kier molecular flexibility index (Phi) is 4.95. The predicted molar refractivity (Wildman–Crippen MR) is 103 cm³/mol. The third-order valence-electron chi connectivity index (χ3n) is 4.41. The highest BCUT2D eigenvalue weighted by Gasteiger charge is 2.17. The molecule has 0 atom stereocenters. The zero-order valence-electron chi connectivity index (χ0n) is 15.0. The van der Waals surface area contributed by atoms with E-state index < -0.39 is 5.97 Å². The lowest BCUT2D eigenvalue weighted by Crippen LogP contribution is -2.00. The topological polar surface area (TPSA) is 68.7 Å². The molecule has 5 nitrogen and oxygen atoms in total. The van der Waals surface area contributed by atoms with Crippen LogP contribution in [-0.2, 0) is 0 Å². The lowest BCUT2D eigenvalue weighted by Gasteiger charge is -2.12. The number of carbonyl (C=O) groups is 1. The number of aryl methyl sites for hydroxylation is 1. The van der Waals surface area contributed by atoms with Gasteiger partial charge in [-0.3, -0.25) is 0 Å². The average molecular weight is 369 g/mol. The smallest absolute Gasteiger partial charge is 0.339 e. The molecule has 0 bridgehead atoms. The Morgan fingerprint density at radius 2 is 1.77 bits per heavy atom. The molecule has 3 aromatic rings. The van der Waals surface area contributed by atoms with Crippen molar-refractivity contribution in [1.82, 2.24) is 4.37 Å². The number of aromatic nitrogens is 1. The molecule has 0 aliphatic rings. The van der Waals surface area contributed by atoms with Crippen molar-refractivity contribution < 1.29 is 19.4 Å². The van der Waals surface area contributed by atoms with Crippen molar-refractivity contribution in [2.24, 2.45) is 0 Å². The van der Waals surface area contributed by atoms with E-state index in [9.17, 15) is 9.90 Å². The molecule has 0 radical (unpaired) electrons. The summed E-state index contributed by atoms with van der Waals surface area (Å²) in [6, 6.07) is 9.21. The second-order valence-corrected chi connectivity index (χ2v) is 6.71. The van der Waals surface area contributed by atoms with Crippen molar-refractivity contribution in [2.75, 3.05) is 14.2 Å². The summed E-state index contributed by atoms with van der Waals surface area (Å²) in [5.41, 5.74) is 5.00. The minimum absolute atomic E-state index is 0.125. The molecule has 3 rings (SSSR count). The second-order valence-electron chi connectivity index (χ2n) is 5.91. The van der Waals surface area contributed by atoms with Gasteiger partial charge in [-0.05, 0) is 65.8 Å². The number of carboxylic acid groups (broad SMARTS) is 1. The maximum atomic E-state index is 11.5. The van der Waals surface area contributed by atoms with Gasteiger partial charge in [-0.25, -0.2) is 4.79 Å². The molecule has 2 aromatic carbocycles. The number of ether oxygens (including phenoxy) is 2. The number of methoxy groups -OCH3 is 2. The number of hydrogen-bond donors (Lipinski definition) is 1. The van der Waals surface area contributed by atoms with Crippen molar-refractivity contribution in [1.29, 1.82) is 0 Å². The summed E-state index contributed by atoms with van der Waals surface area (Å²) in [5, 5.41) is 9.43. The van der Waals surface area contributed by atoms with Gasteiger partial charge < -0.3 is 14.6 Å². The summed E-state index contributed by atoms with van der Waals surface area (Å²) in [5.74, 6) is 0.125. The minimum atomic E-state index is -1.03. The summed E-state index contributed by atoms with van der Waals surface area (Å²) in [6.45, 7) is 4.06. The van der Waals surface area contributed by atoms with Gasteiger partial charge in [0.05, 0.1) is 19.1 Å². The van der Waals surface area contributed by atoms with E-state index in [4.69, 9.17) is 9.47 Å². The fourth-order valence-corrected chi connectivity index (χ4v) is 3.62.